The number of carbonyl (C=O) groups is 1. The minimum Gasteiger partial charge on any atom is -0.354 e. The second kappa shape index (κ2) is 9.27. The summed E-state index contributed by atoms with van der Waals surface area (Å²) in [6.45, 7) is 3.72. The molecule has 0 radical (unpaired) electrons. The van der Waals surface area contributed by atoms with Crippen molar-refractivity contribution in [2.24, 2.45) is 0 Å². The first-order valence-corrected chi connectivity index (χ1v) is 11.8. The van der Waals surface area contributed by atoms with Crippen molar-refractivity contribution in [3.05, 3.63) is 48.3 Å². The van der Waals surface area contributed by atoms with Gasteiger partial charge in [0.2, 0.25) is 5.13 Å². The Kier molecular flexibility index (Phi) is 6.03. The third-order valence-electron chi connectivity index (χ3n) is 5.67. The number of fused-ring (bicyclic) bond motifs is 1. The second-order valence-corrected chi connectivity index (χ2v) is 9.35. The molecule has 0 spiro atoms. The number of amides is 1. The van der Waals surface area contributed by atoms with Crippen LogP contribution >= 0.6 is 11.3 Å². The molecule has 4 aromatic rings. The van der Waals surface area contributed by atoms with Gasteiger partial charge in [-0.2, -0.15) is 0 Å². The van der Waals surface area contributed by atoms with Crippen LogP contribution in [-0.4, -0.2) is 83.3 Å². The summed E-state index contributed by atoms with van der Waals surface area (Å²) >= 11 is 1.47. The molecule has 1 N–H and O–H groups in total. The molecule has 1 fully saturated rings. The van der Waals surface area contributed by atoms with Crippen LogP contribution in [0.25, 0.3) is 21.6 Å². The van der Waals surface area contributed by atoms with Gasteiger partial charge < -0.3 is 20.0 Å². The molecule has 174 valence electrons. The summed E-state index contributed by atoms with van der Waals surface area (Å²) in [5.74, 6) is 1.01. The molecule has 34 heavy (non-hydrogen) atoms. The van der Waals surface area contributed by atoms with Crippen LogP contribution in [0.4, 0.5) is 16.8 Å². The van der Waals surface area contributed by atoms with Gasteiger partial charge in [0.1, 0.15) is 17.3 Å². The zero-order valence-corrected chi connectivity index (χ0v) is 20.1. The first-order chi connectivity index (χ1) is 16.5. The number of pyridine rings is 3. The summed E-state index contributed by atoms with van der Waals surface area (Å²) in [5, 5.41) is 13.7. The highest BCUT2D eigenvalue weighted by Gasteiger charge is 2.17. The van der Waals surface area contributed by atoms with E-state index in [0.717, 1.165) is 58.7 Å². The molecule has 0 unspecified atom stereocenters. The fourth-order valence-electron chi connectivity index (χ4n) is 3.66. The summed E-state index contributed by atoms with van der Waals surface area (Å²) < 4.78 is 0. The Labute approximate surface area is 201 Å². The Morgan fingerprint density at radius 2 is 1.88 bits per heavy atom. The van der Waals surface area contributed by atoms with Crippen LogP contribution in [0, 0.1) is 0 Å². The first-order valence-electron chi connectivity index (χ1n) is 11.0. The number of rotatable bonds is 5. The SMILES string of the molecule is CN1CCN(c2cc(C(=O)Nc3cc4nc(-c5nnc(N(C)C)s5)ccc4cn3)ccn2)CC1. The first kappa shape index (κ1) is 22.1. The largest absolute Gasteiger partial charge is 0.354 e. The van der Waals surface area contributed by atoms with Crippen molar-refractivity contribution in [2.75, 3.05) is 62.4 Å². The van der Waals surface area contributed by atoms with Crippen LogP contribution < -0.4 is 15.1 Å². The highest BCUT2D eigenvalue weighted by atomic mass is 32.1. The van der Waals surface area contributed by atoms with Gasteiger partial charge in [0.25, 0.3) is 5.91 Å². The second-order valence-electron chi connectivity index (χ2n) is 8.39. The summed E-state index contributed by atoms with van der Waals surface area (Å²) in [4.78, 5) is 32.9. The number of hydrogen-bond acceptors (Lipinski definition) is 10. The highest BCUT2D eigenvalue weighted by molar-refractivity contribution is 7.18. The van der Waals surface area contributed by atoms with Crippen molar-refractivity contribution in [3.8, 4) is 10.7 Å². The molecule has 1 aliphatic rings. The molecule has 0 atom stereocenters. The molecule has 5 rings (SSSR count). The van der Waals surface area contributed by atoms with Crippen LogP contribution in [0.2, 0.25) is 0 Å². The number of carbonyl (C=O) groups excluding carboxylic acids is 1. The van der Waals surface area contributed by atoms with Gasteiger partial charge in [-0.05, 0) is 31.3 Å². The number of anilines is 3. The van der Waals surface area contributed by atoms with Gasteiger partial charge >= 0.3 is 0 Å². The van der Waals surface area contributed by atoms with Crippen molar-refractivity contribution in [1.29, 1.82) is 0 Å². The summed E-state index contributed by atoms with van der Waals surface area (Å²) in [6.07, 6.45) is 3.38. The molecule has 0 aliphatic carbocycles. The average Bonchev–Trinajstić information content (AvgIpc) is 3.35. The smallest absolute Gasteiger partial charge is 0.257 e. The molecule has 0 aromatic carbocycles. The van der Waals surface area contributed by atoms with Crippen LogP contribution in [-0.2, 0) is 0 Å². The van der Waals surface area contributed by atoms with E-state index in [1.54, 1.807) is 24.5 Å². The lowest BCUT2D eigenvalue weighted by molar-refractivity contribution is 0.102. The van der Waals surface area contributed by atoms with E-state index in [0.29, 0.717) is 11.4 Å². The van der Waals surface area contributed by atoms with Gasteiger partial charge in [-0.1, -0.05) is 11.3 Å². The van der Waals surface area contributed by atoms with Crippen molar-refractivity contribution in [3.63, 3.8) is 0 Å². The molecule has 0 bridgehead atoms. The number of hydrogen-bond donors (Lipinski definition) is 1. The van der Waals surface area contributed by atoms with Gasteiger partial charge in [0.05, 0.1) is 5.52 Å². The molecular weight excluding hydrogens is 450 g/mol. The molecule has 10 nitrogen and oxygen atoms in total. The van der Waals surface area contributed by atoms with Gasteiger partial charge in [0, 0.05) is 69.7 Å². The normalized spacial score (nSPS) is 14.4. The molecule has 11 heteroatoms. The topological polar surface area (TPSA) is 103 Å². The monoisotopic (exact) mass is 475 g/mol. The number of likely N-dealkylation sites (N-methyl/N-ethyl adjacent to an activating group) is 1. The van der Waals surface area contributed by atoms with Crippen molar-refractivity contribution >= 4 is 44.9 Å². The standard InChI is InChI=1S/C23H25N9OS/c1-30(2)23-29-28-22(34-23)17-5-4-16-14-25-19(13-18(16)26-17)27-21(33)15-6-7-24-20(12-15)32-10-8-31(3)9-11-32/h4-7,12-14H,8-11H2,1-3H3,(H,25,27,33). The number of nitrogens with zero attached hydrogens (tertiary/aromatic N) is 8. The molecule has 5 heterocycles. The minimum atomic E-state index is -0.236. The Balaban J connectivity index is 1.35. The Hall–Kier alpha value is -3.70. The minimum absolute atomic E-state index is 0.236. The Morgan fingerprint density at radius 3 is 2.65 bits per heavy atom. The fourth-order valence-corrected chi connectivity index (χ4v) is 4.40. The molecular formula is C23H25N9OS. The van der Waals surface area contributed by atoms with Crippen molar-refractivity contribution in [1.82, 2.24) is 30.0 Å². The maximum Gasteiger partial charge on any atom is 0.257 e. The third kappa shape index (κ3) is 4.66. The van der Waals surface area contributed by atoms with E-state index in [4.69, 9.17) is 4.98 Å². The Bertz CT molecular complexity index is 1330. The van der Waals surface area contributed by atoms with Gasteiger partial charge in [0.15, 0.2) is 5.01 Å². The predicted molar refractivity (Wildman–Crippen MR) is 135 cm³/mol. The van der Waals surface area contributed by atoms with E-state index < -0.39 is 0 Å². The number of piperazine rings is 1. The van der Waals surface area contributed by atoms with E-state index >= 15 is 0 Å². The summed E-state index contributed by atoms with van der Waals surface area (Å²) in [6, 6.07) is 9.16. The van der Waals surface area contributed by atoms with Gasteiger partial charge in [-0.15, -0.1) is 10.2 Å². The zero-order chi connectivity index (χ0) is 23.7. The van der Waals surface area contributed by atoms with Gasteiger partial charge in [-0.25, -0.2) is 15.0 Å². The molecule has 1 aliphatic heterocycles. The van der Waals surface area contributed by atoms with Crippen LogP contribution in [0.15, 0.2) is 42.7 Å². The maximum atomic E-state index is 12.9. The van der Waals surface area contributed by atoms with Crippen LogP contribution in [0.5, 0.6) is 0 Å². The van der Waals surface area contributed by atoms with Crippen molar-refractivity contribution in [2.45, 2.75) is 0 Å². The quantitative estimate of drug-likeness (QED) is 0.466. The van der Waals surface area contributed by atoms with Crippen molar-refractivity contribution < 1.29 is 4.79 Å². The van der Waals surface area contributed by atoms with E-state index in [2.05, 4.69) is 42.3 Å². The summed E-state index contributed by atoms with van der Waals surface area (Å²) in [7, 11) is 5.96. The average molecular weight is 476 g/mol. The molecule has 0 saturated carbocycles. The van der Waals surface area contributed by atoms with Gasteiger partial charge in [-0.3, -0.25) is 4.79 Å². The van der Waals surface area contributed by atoms with E-state index in [9.17, 15) is 4.79 Å². The lowest BCUT2D eigenvalue weighted by Crippen LogP contribution is -2.44. The molecule has 1 saturated heterocycles. The lowest BCUT2D eigenvalue weighted by Gasteiger charge is -2.33. The van der Waals surface area contributed by atoms with E-state index in [1.165, 1.54) is 11.3 Å². The molecule has 4 aromatic heterocycles. The predicted octanol–water partition coefficient (Wildman–Crippen LogP) is 2.61. The Morgan fingerprint density at radius 1 is 1.06 bits per heavy atom. The van der Waals surface area contributed by atoms with Crippen LogP contribution in [0.3, 0.4) is 0 Å². The van der Waals surface area contributed by atoms with E-state index in [1.807, 2.05) is 37.2 Å². The number of aromatic nitrogens is 5. The fraction of sp³-hybridized carbons (Fsp3) is 0.304. The van der Waals surface area contributed by atoms with E-state index in [-0.39, 0.29) is 5.91 Å². The zero-order valence-electron chi connectivity index (χ0n) is 19.3. The number of nitrogens with one attached hydrogen (secondary N) is 1. The third-order valence-corrected chi connectivity index (χ3v) is 6.78. The maximum absolute atomic E-state index is 12.9. The summed E-state index contributed by atoms with van der Waals surface area (Å²) in [5.41, 5.74) is 1.99. The lowest BCUT2D eigenvalue weighted by atomic mass is 10.2. The molecule has 1 amide bonds. The highest BCUT2D eigenvalue weighted by Crippen LogP contribution is 2.28. The van der Waals surface area contributed by atoms with Crippen LogP contribution in [0.1, 0.15) is 10.4 Å².